The quantitative estimate of drug-likeness (QED) is 0.864. The molecular weight excluding hydrogens is 342 g/mol. The molecule has 1 aliphatic carbocycles. The lowest BCUT2D eigenvalue weighted by molar-refractivity contribution is 0.323. The molecule has 0 radical (unpaired) electrons. The summed E-state index contributed by atoms with van der Waals surface area (Å²) < 4.78 is 31.3. The zero-order valence-corrected chi connectivity index (χ0v) is 15.1. The third-order valence-corrected chi connectivity index (χ3v) is 4.97. The lowest BCUT2D eigenvalue weighted by atomic mass is 9.95. The standard InChI is InChI=1S/C16H21N5O3S/c1-3-24-15-14(18-9-10-19-15)21-13(17)12(11-7-5-4-6-8-11)16(20-21)25(2,22)23/h7,9-10H,3-6,8,17H2,1-2H3. The summed E-state index contributed by atoms with van der Waals surface area (Å²) in [6.07, 6.45) is 9.91. The van der Waals surface area contributed by atoms with Crippen LogP contribution < -0.4 is 10.5 Å². The van der Waals surface area contributed by atoms with Crippen molar-refractivity contribution in [2.45, 2.75) is 37.6 Å². The number of allylic oxidation sites excluding steroid dienone is 2. The largest absolute Gasteiger partial charge is 0.475 e. The number of hydrogen-bond donors (Lipinski definition) is 1. The van der Waals surface area contributed by atoms with Crippen molar-refractivity contribution in [1.29, 1.82) is 0 Å². The second-order valence-electron chi connectivity index (χ2n) is 5.84. The van der Waals surface area contributed by atoms with E-state index in [4.69, 9.17) is 10.5 Å². The Kier molecular flexibility index (Phi) is 4.76. The summed E-state index contributed by atoms with van der Waals surface area (Å²) in [6.45, 7) is 2.22. The van der Waals surface area contributed by atoms with E-state index in [-0.39, 0.29) is 22.5 Å². The molecule has 9 heteroatoms. The second kappa shape index (κ2) is 6.83. The molecule has 0 spiro atoms. The second-order valence-corrected chi connectivity index (χ2v) is 7.77. The number of rotatable bonds is 5. The van der Waals surface area contributed by atoms with Crippen molar-refractivity contribution in [2.24, 2.45) is 0 Å². The predicted octanol–water partition coefficient (Wildman–Crippen LogP) is 2.00. The van der Waals surface area contributed by atoms with Gasteiger partial charge in [0.1, 0.15) is 5.82 Å². The van der Waals surface area contributed by atoms with Gasteiger partial charge >= 0.3 is 0 Å². The molecule has 0 aliphatic heterocycles. The Bertz CT molecular complexity index is 918. The average molecular weight is 363 g/mol. The van der Waals surface area contributed by atoms with Gasteiger partial charge in [-0.3, -0.25) is 0 Å². The summed E-state index contributed by atoms with van der Waals surface area (Å²) >= 11 is 0. The van der Waals surface area contributed by atoms with Gasteiger partial charge in [0.25, 0.3) is 5.88 Å². The molecule has 2 heterocycles. The number of nitrogen functional groups attached to an aromatic ring is 1. The van der Waals surface area contributed by atoms with Crippen molar-refractivity contribution in [3.8, 4) is 11.7 Å². The van der Waals surface area contributed by atoms with Crippen molar-refractivity contribution in [3.63, 3.8) is 0 Å². The van der Waals surface area contributed by atoms with Gasteiger partial charge in [-0.2, -0.15) is 9.78 Å². The molecule has 0 amide bonds. The van der Waals surface area contributed by atoms with E-state index in [0.717, 1.165) is 37.5 Å². The zero-order chi connectivity index (χ0) is 18.0. The van der Waals surface area contributed by atoms with E-state index in [2.05, 4.69) is 15.1 Å². The monoisotopic (exact) mass is 363 g/mol. The predicted molar refractivity (Wildman–Crippen MR) is 94.3 cm³/mol. The van der Waals surface area contributed by atoms with Gasteiger partial charge in [0.2, 0.25) is 5.82 Å². The van der Waals surface area contributed by atoms with Crippen LogP contribution in [0, 0.1) is 0 Å². The number of ether oxygens (including phenoxy) is 1. The van der Waals surface area contributed by atoms with Crippen LogP contribution in [0.25, 0.3) is 11.4 Å². The normalized spacial score (nSPS) is 15.0. The first kappa shape index (κ1) is 17.4. The van der Waals surface area contributed by atoms with E-state index in [9.17, 15) is 8.42 Å². The third-order valence-electron chi connectivity index (χ3n) is 3.98. The fourth-order valence-corrected chi connectivity index (χ4v) is 3.74. The minimum Gasteiger partial charge on any atom is -0.475 e. The minimum absolute atomic E-state index is 0.0359. The molecule has 2 N–H and O–H groups in total. The lowest BCUT2D eigenvalue weighted by Crippen LogP contribution is -2.09. The number of nitrogens with zero attached hydrogens (tertiary/aromatic N) is 4. The highest BCUT2D eigenvalue weighted by atomic mass is 32.2. The molecule has 0 bridgehead atoms. The molecule has 134 valence electrons. The molecule has 8 nitrogen and oxygen atoms in total. The van der Waals surface area contributed by atoms with E-state index in [1.54, 1.807) is 0 Å². The maximum atomic E-state index is 12.3. The molecule has 0 saturated heterocycles. The molecule has 2 aromatic heterocycles. The van der Waals surface area contributed by atoms with Crippen LogP contribution in [0.1, 0.15) is 38.2 Å². The SMILES string of the molecule is CCOc1nccnc1-n1nc(S(C)(=O)=O)c(C2=CCCCC2)c1N. The van der Waals surface area contributed by atoms with E-state index in [0.29, 0.717) is 12.2 Å². The molecule has 25 heavy (non-hydrogen) atoms. The molecule has 2 aromatic rings. The van der Waals surface area contributed by atoms with Gasteiger partial charge in [-0.05, 0) is 38.2 Å². The highest BCUT2D eigenvalue weighted by Crippen LogP contribution is 2.36. The van der Waals surface area contributed by atoms with Crippen molar-refractivity contribution in [2.75, 3.05) is 18.6 Å². The van der Waals surface area contributed by atoms with Crippen molar-refractivity contribution >= 4 is 21.2 Å². The maximum Gasteiger partial charge on any atom is 0.259 e. The van der Waals surface area contributed by atoms with Crippen LogP contribution in [0.15, 0.2) is 23.5 Å². The molecule has 0 atom stereocenters. The topological polar surface area (TPSA) is 113 Å². The summed E-state index contributed by atoms with van der Waals surface area (Å²) in [4.78, 5) is 8.36. The van der Waals surface area contributed by atoms with Gasteiger partial charge in [-0.1, -0.05) is 6.08 Å². The fourth-order valence-electron chi connectivity index (χ4n) is 2.90. The van der Waals surface area contributed by atoms with E-state index >= 15 is 0 Å². The summed E-state index contributed by atoms with van der Waals surface area (Å²) in [5.41, 5.74) is 7.68. The first-order valence-corrected chi connectivity index (χ1v) is 10.0. The van der Waals surface area contributed by atoms with Crippen LogP contribution in [0.4, 0.5) is 5.82 Å². The van der Waals surface area contributed by atoms with Gasteiger partial charge in [0.15, 0.2) is 14.9 Å². The average Bonchev–Trinajstić information content (AvgIpc) is 2.94. The maximum absolute atomic E-state index is 12.3. The minimum atomic E-state index is -3.56. The Morgan fingerprint density at radius 2 is 2.04 bits per heavy atom. The first-order valence-electron chi connectivity index (χ1n) is 8.15. The zero-order valence-electron chi connectivity index (χ0n) is 14.3. The first-order chi connectivity index (χ1) is 11.9. The van der Waals surface area contributed by atoms with Gasteiger partial charge in [-0.25, -0.2) is 18.4 Å². The third kappa shape index (κ3) is 3.37. The number of sulfone groups is 1. The number of nitrogens with two attached hydrogens (primary N) is 1. The Hall–Kier alpha value is -2.42. The molecule has 0 aromatic carbocycles. The van der Waals surface area contributed by atoms with Crippen LogP contribution in [0.2, 0.25) is 0 Å². The number of aromatic nitrogens is 4. The number of hydrogen-bond acceptors (Lipinski definition) is 7. The van der Waals surface area contributed by atoms with Crippen LogP contribution in [0.3, 0.4) is 0 Å². The van der Waals surface area contributed by atoms with Crippen LogP contribution in [0.5, 0.6) is 5.88 Å². The van der Waals surface area contributed by atoms with Crippen molar-refractivity contribution < 1.29 is 13.2 Å². The van der Waals surface area contributed by atoms with E-state index < -0.39 is 9.84 Å². The van der Waals surface area contributed by atoms with Crippen molar-refractivity contribution in [1.82, 2.24) is 19.7 Å². The van der Waals surface area contributed by atoms with Gasteiger partial charge < -0.3 is 10.5 Å². The summed E-state index contributed by atoms with van der Waals surface area (Å²) in [5, 5.41) is 4.21. The van der Waals surface area contributed by atoms with E-state index in [1.807, 2.05) is 13.0 Å². The summed E-state index contributed by atoms with van der Waals surface area (Å²) in [6, 6.07) is 0. The summed E-state index contributed by atoms with van der Waals surface area (Å²) in [7, 11) is -3.56. The Balaban J connectivity index is 2.24. The molecule has 1 aliphatic rings. The van der Waals surface area contributed by atoms with Crippen LogP contribution in [-0.2, 0) is 9.84 Å². The van der Waals surface area contributed by atoms with E-state index in [1.165, 1.54) is 17.1 Å². The lowest BCUT2D eigenvalue weighted by Gasteiger charge is -2.13. The highest BCUT2D eigenvalue weighted by Gasteiger charge is 2.28. The smallest absolute Gasteiger partial charge is 0.259 e. The Morgan fingerprint density at radius 3 is 2.68 bits per heavy atom. The molecule has 3 rings (SSSR count). The molecule has 0 saturated carbocycles. The Morgan fingerprint density at radius 1 is 1.28 bits per heavy atom. The van der Waals surface area contributed by atoms with Gasteiger partial charge in [0, 0.05) is 18.6 Å². The molecule has 0 unspecified atom stereocenters. The van der Waals surface area contributed by atoms with Crippen LogP contribution in [-0.4, -0.2) is 41.0 Å². The Labute approximate surface area is 146 Å². The molecule has 0 fully saturated rings. The van der Waals surface area contributed by atoms with Gasteiger partial charge in [-0.15, -0.1) is 0 Å². The molecular formula is C16H21N5O3S. The van der Waals surface area contributed by atoms with Gasteiger partial charge in [0.05, 0.1) is 12.2 Å². The summed E-state index contributed by atoms with van der Waals surface area (Å²) in [5.74, 6) is 0.757. The fraction of sp³-hybridized carbons (Fsp3) is 0.438. The van der Waals surface area contributed by atoms with Crippen molar-refractivity contribution in [3.05, 3.63) is 24.0 Å². The van der Waals surface area contributed by atoms with Crippen LogP contribution >= 0.6 is 0 Å². The highest BCUT2D eigenvalue weighted by molar-refractivity contribution is 7.90. The number of anilines is 1.